The summed E-state index contributed by atoms with van der Waals surface area (Å²) < 4.78 is 5.15. The number of carbonyl (C=O) groups excluding carboxylic acids is 1. The summed E-state index contributed by atoms with van der Waals surface area (Å²) in [5.41, 5.74) is 0.641. The predicted molar refractivity (Wildman–Crippen MR) is 98.9 cm³/mol. The number of nitrogens with zero attached hydrogens (tertiary/aromatic N) is 2. The first-order valence-electron chi connectivity index (χ1n) is 8.10. The molecule has 1 aromatic carbocycles. The molecule has 0 aliphatic heterocycles. The van der Waals surface area contributed by atoms with Crippen molar-refractivity contribution in [1.82, 2.24) is 4.98 Å². The number of amides is 1. The second-order valence-corrected chi connectivity index (χ2v) is 7.36. The fourth-order valence-corrected chi connectivity index (χ4v) is 4.02. The summed E-state index contributed by atoms with van der Waals surface area (Å²) in [6, 6.07) is 7.65. The van der Waals surface area contributed by atoms with E-state index >= 15 is 0 Å². The van der Waals surface area contributed by atoms with Crippen molar-refractivity contribution in [2.24, 2.45) is 5.41 Å². The molecule has 1 amide bonds. The number of anilines is 1. The van der Waals surface area contributed by atoms with Crippen molar-refractivity contribution in [2.45, 2.75) is 32.1 Å². The van der Waals surface area contributed by atoms with Gasteiger partial charge < -0.3 is 10.1 Å². The van der Waals surface area contributed by atoms with Crippen LogP contribution in [0.1, 0.15) is 32.1 Å². The number of aromatic nitrogens is 1. The van der Waals surface area contributed by atoms with E-state index in [1.807, 2.05) is 11.4 Å². The smallest absolute Gasteiger partial charge is 0.246 e. The van der Waals surface area contributed by atoms with Gasteiger partial charge in [0.05, 0.1) is 23.9 Å². The minimum Gasteiger partial charge on any atom is -0.495 e. The molecule has 0 spiro atoms. The zero-order valence-electron chi connectivity index (χ0n) is 13.8. The number of thiazole rings is 1. The highest BCUT2D eigenvalue weighted by molar-refractivity contribution is 7.14. The van der Waals surface area contributed by atoms with Crippen LogP contribution in [0.25, 0.3) is 11.3 Å². The molecular weight excluding hydrogens is 358 g/mol. The standard InChI is InChI=1S/C18H18ClN3O2S/c1-24-15-6-5-12(9-13(15)19)14-10-25-17(21-14)22-16(23)18(11-20)7-3-2-4-8-18/h5-6,9-10H,2-4,7-8H2,1H3,(H,21,22,23). The van der Waals surface area contributed by atoms with Gasteiger partial charge in [0.2, 0.25) is 5.91 Å². The third kappa shape index (κ3) is 3.63. The van der Waals surface area contributed by atoms with Gasteiger partial charge in [-0.25, -0.2) is 4.98 Å². The summed E-state index contributed by atoms with van der Waals surface area (Å²) in [5.74, 6) is 0.353. The van der Waals surface area contributed by atoms with Crippen LogP contribution in [0.2, 0.25) is 5.02 Å². The maximum absolute atomic E-state index is 12.6. The summed E-state index contributed by atoms with van der Waals surface area (Å²) in [6.07, 6.45) is 4.13. The topological polar surface area (TPSA) is 75.0 Å². The average molecular weight is 376 g/mol. The molecule has 1 N–H and O–H groups in total. The predicted octanol–water partition coefficient (Wildman–Crippen LogP) is 4.88. The van der Waals surface area contributed by atoms with E-state index in [-0.39, 0.29) is 5.91 Å². The first kappa shape index (κ1) is 17.7. The Morgan fingerprint density at radius 3 is 2.80 bits per heavy atom. The molecule has 25 heavy (non-hydrogen) atoms. The molecule has 1 aliphatic carbocycles. The van der Waals surface area contributed by atoms with Gasteiger partial charge in [0.15, 0.2) is 5.13 Å². The molecular formula is C18H18ClN3O2S. The van der Waals surface area contributed by atoms with Crippen LogP contribution >= 0.6 is 22.9 Å². The molecule has 1 heterocycles. The number of hydrogen-bond donors (Lipinski definition) is 1. The number of methoxy groups -OCH3 is 1. The van der Waals surface area contributed by atoms with Crippen LogP contribution < -0.4 is 10.1 Å². The molecule has 0 radical (unpaired) electrons. The van der Waals surface area contributed by atoms with Crippen LogP contribution in [0.15, 0.2) is 23.6 Å². The Morgan fingerprint density at radius 1 is 1.40 bits per heavy atom. The third-order valence-electron chi connectivity index (χ3n) is 4.53. The van der Waals surface area contributed by atoms with E-state index in [0.717, 1.165) is 30.5 Å². The number of benzene rings is 1. The fraction of sp³-hybridized carbons (Fsp3) is 0.389. The lowest BCUT2D eigenvalue weighted by Crippen LogP contribution is -2.36. The van der Waals surface area contributed by atoms with Crippen LogP contribution in [0.5, 0.6) is 5.75 Å². The molecule has 130 valence electrons. The zero-order valence-corrected chi connectivity index (χ0v) is 15.4. The maximum atomic E-state index is 12.6. The second-order valence-electron chi connectivity index (χ2n) is 6.10. The van der Waals surface area contributed by atoms with Gasteiger partial charge in [-0.2, -0.15) is 5.26 Å². The van der Waals surface area contributed by atoms with Gasteiger partial charge in [0, 0.05) is 10.9 Å². The van der Waals surface area contributed by atoms with E-state index in [1.165, 1.54) is 11.3 Å². The summed E-state index contributed by atoms with van der Waals surface area (Å²) >= 11 is 7.49. The molecule has 0 bridgehead atoms. The maximum Gasteiger partial charge on any atom is 0.246 e. The van der Waals surface area contributed by atoms with Crippen LogP contribution in [0.4, 0.5) is 5.13 Å². The highest BCUT2D eigenvalue weighted by Gasteiger charge is 2.40. The Bertz CT molecular complexity index is 822. The van der Waals surface area contributed by atoms with Crippen LogP contribution in [0, 0.1) is 16.7 Å². The van der Waals surface area contributed by atoms with Gasteiger partial charge in [-0.3, -0.25) is 4.79 Å². The largest absolute Gasteiger partial charge is 0.495 e. The zero-order chi connectivity index (χ0) is 17.9. The van der Waals surface area contributed by atoms with E-state index < -0.39 is 5.41 Å². The van der Waals surface area contributed by atoms with Crippen molar-refractivity contribution in [2.75, 3.05) is 12.4 Å². The Kier molecular flexibility index (Phi) is 5.26. The lowest BCUT2D eigenvalue weighted by molar-refractivity contribution is -0.124. The van der Waals surface area contributed by atoms with Gasteiger partial charge in [-0.05, 0) is 31.0 Å². The second kappa shape index (κ2) is 7.42. The van der Waals surface area contributed by atoms with Gasteiger partial charge in [-0.15, -0.1) is 11.3 Å². The SMILES string of the molecule is COc1ccc(-c2csc(NC(=O)C3(C#N)CCCCC3)n2)cc1Cl. The molecule has 1 fully saturated rings. The van der Waals surface area contributed by atoms with Crippen molar-refractivity contribution in [3.05, 3.63) is 28.6 Å². The molecule has 0 unspecified atom stereocenters. The van der Waals surface area contributed by atoms with Crippen molar-refractivity contribution < 1.29 is 9.53 Å². The average Bonchev–Trinajstić information content (AvgIpc) is 3.10. The highest BCUT2D eigenvalue weighted by atomic mass is 35.5. The normalized spacial score (nSPS) is 16.0. The number of halogens is 1. The lowest BCUT2D eigenvalue weighted by atomic mass is 9.74. The van der Waals surface area contributed by atoms with E-state index in [9.17, 15) is 10.1 Å². The Balaban J connectivity index is 1.76. The van der Waals surface area contributed by atoms with Crippen LogP contribution in [-0.2, 0) is 4.79 Å². The van der Waals surface area contributed by atoms with Gasteiger partial charge >= 0.3 is 0 Å². The van der Waals surface area contributed by atoms with E-state index in [1.54, 1.807) is 19.2 Å². The Hall–Kier alpha value is -2.10. The van der Waals surface area contributed by atoms with E-state index in [2.05, 4.69) is 16.4 Å². The first-order chi connectivity index (χ1) is 12.1. The van der Waals surface area contributed by atoms with E-state index in [0.29, 0.717) is 28.7 Å². The quantitative estimate of drug-likeness (QED) is 0.825. The summed E-state index contributed by atoms with van der Waals surface area (Å²) in [4.78, 5) is 17.1. The Labute approximate surface area is 155 Å². The first-order valence-corrected chi connectivity index (χ1v) is 9.36. The Morgan fingerprint density at radius 2 is 2.16 bits per heavy atom. The fourth-order valence-electron chi connectivity index (χ4n) is 3.05. The molecule has 1 aromatic heterocycles. The number of nitrogens with one attached hydrogen (secondary N) is 1. The summed E-state index contributed by atoms with van der Waals surface area (Å²) in [5, 5.41) is 15.2. The molecule has 1 saturated carbocycles. The minimum atomic E-state index is -0.923. The number of nitriles is 1. The van der Waals surface area contributed by atoms with Crippen molar-refractivity contribution in [3.63, 3.8) is 0 Å². The van der Waals surface area contributed by atoms with Gasteiger partial charge in [-0.1, -0.05) is 30.9 Å². The van der Waals surface area contributed by atoms with Gasteiger partial charge in [0.25, 0.3) is 0 Å². The van der Waals surface area contributed by atoms with Crippen LogP contribution in [0.3, 0.4) is 0 Å². The minimum absolute atomic E-state index is 0.247. The molecule has 0 saturated heterocycles. The monoisotopic (exact) mass is 375 g/mol. The molecule has 1 aliphatic rings. The lowest BCUT2D eigenvalue weighted by Gasteiger charge is -2.28. The summed E-state index contributed by atoms with van der Waals surface area (Å²) in [6.45, 7) is 0. The number of hydrogen-bond acceptors (Lipinski definition) is 5. The number of ether oxygens (including phenoxy) is 1. The molecule has 0 atom stereocenters. The van der Waals surface area contributed by atoms with Gasteiger partial charge in [0.1, 0.15) is 11.2 Å². The molecule has 5 nitrogen and oxygen atoms in total. The number of carbonyl (C=O) groups is 1. The third-order valence-corrected chi connectivity index (χ3v) is 5.58. The van der Waals surface area contributed by atoms with Crippen LogP contribution in [-0.4, -0.2) is 18.0 Å². The number of rotatable bonds is 4. The highest BCUT2D eigenvalue weighted by Crippen LogP contribution is 2.37. The molecule has 3 rings (SSSR count). The molecule has 2 aromatic rings. The van der Waals surface area contributed by atoms with Crippen molar-refractivity contribution in [3.8, 4) is 23.1 Å². The summed E-state index contributed by atoms with van der Waals surface area (Å²) in [7, 11) is 1.56. The van der Waals surface area contributed by atoms with E-state index in [4.69, 9.17) is 16.3 Å². The van der Waals surface area contributed by atoms with Crippen molar-refractivity contribution in [1.29, 1.82) is 5.26 Å². The molecule has 7 heteroatoms. The van der Waals surface area contributed by atoms with Crippen molar-refractivity contribution >= 4 is 34.0 Å².